The van der Waals surface area contributed by atoms with Crippen LogP contribution < -0.4 is 18.9 Å². The minimum absolute atomic E-state index is 0. The van der Waals surface area contributed by atoms with Gasteiger partial charge in [0.1, 0.15) is 0 Å². The van der Waals surface area contributed by atoms with Crippen molar-refractivity contribution in [1.29, 1.82) is 0 Å². The van der Waals surface area contributed by atoms with Crippen LogP contribution in [0.25, 0.3) is 0 Å². The Hall–Kier alpha value is 1.04. The monoisotopic (exact) mass is 194 g/mol. The first-order valence-electron chi connectivity index (χ1n) is 4.16. The minimum Gasteiger partial charge on any atom is -0.337 e. The summed E-state index contributed by atoms with van der Waals surface area (Å²) in [7, 11) is 0. The normalized spacial score (nSPS) is 19.4. The maximum Gasteiger partial charge on any atom is 1.00 e. The van der Waals surface area contributed by atoms with Crippen LogP contribution in [0, 0.1) is 4.58 Å². The molecule has 12 heavy (non-hydrogen) atoms. The number of rotatable bonds is 3. The third-order valence-electron chi connectivity index (χ3n) is 1.57. The van der Waals surface area contributed by atoms with Crippen LogP contribution >= 0.6 is 23.5 Å². The van der Waals surface area contributed by atoms with Crippen LogP contribution in [0.2, 0.25) is 0 Å². The molecule has 0 radical (unpaired) electrons. The molecule has 0 N–H and O–H groups in total. The zero-order valence-electron chi connectivity index (χ0n) is 8.01. The van der Waals surface area contributed by atoms with Crippen molar-refractivity contribution >= 4 is 23.5 Å². The Labute approximate surface area is 96.5 Å². The molecule has 64 valence electrons. The van der Waals surface area contributed by atoms with E-state index in [0.717, 1.165) is 0 Å². The SMILES string of the molecule is C/C=C/CC[C-]1SCCCS1.[Li+]. The van der Waals surface area contributed by atoms with Crippen molar-refractivity contribution in [2.24, 2.45) is 0 Å². The van der Waals surface area contributed by atoms with E-state index in [4.69, 9.17) is 0 Å². The predicted molar refractivity (Wildman–Crippen MR) is 56.8 cm³/mol. The molecule has 0 unspecified atom stereocenters. The van der Waals surface area contributed by atoms with Crippen LogP contribution in [0.5, 0.6) is 0 Å². The zero-order valence-corrected chi connectivity index (χ0v) is 9.64. The van der Waals surface area contributed by atoms with Gasteiger partial charge in [0.15, 0.2) is 0 Å². The molecule has 0 amide bonds. The fourth-order valence-corrected chi connectivity index (χ4v) is 3.56. The van der Waals surface area contributed by atoms with E-state index in [1.54, 1.807) is 4.58 Å². The Morgan fingerprint density at radius 3 is 2.58 bits per heavy atom. The largest absolute Gasteiger partial charge is 1.00 e. The van der Waals surface area contributed by atoms with Gasteiger partial charge in [0.25, 0.3) is 0 Å². The second-order valence-electron chi connectivity index (χ2n) is 2.53. The van der Waals surface area contributed by atoms with Crippen molar-refractivity contribution in [3.8, 4) is 0 Å². The van der Waals surface area contributed by atoms with Gasteiger partial charge in [0.05, 0.1) is 0 Å². The number of allylic oxidation sites excluding steroid dienone is 2. The molecule has 0 bridgehead atoms. The molecule has 0 nitrogen and oxygen atoms in total. The molecular weight excluding hydrogens is 179 g/mol. The average Bonchev–Trinajstić information content (AvgIpc) is 2.07. The molecule has 1 heterocycles. The number of thioether (sulfide) groups is 2. The van der Waals surface area contributed by atoms with E-state index in [0.29, 0.717) is 0 Å². The fourth-order valence-electron chi connectivity index (χ4n) is 0.985. The summed E-state index contributed by atoms with van der Waals surface area (Å²) >= 11 is 4.12. The van der Waals surface area contributed by atoms with Gasteiger partial charge < -0.3 is 23.5 Å². The van der Waals surface area contributed by atoms with Crippen molar-refractivity contribution < 1.29 is 18.9 Å². The van der Waals surface area contributed by atoms with E-state index < -0.39 is 0 Å². The van der Waals surface area contributed by atoms with E-state index in [9.17, 15) is 0 Å². The van der Waals surface area contributed by atoms with Crippen LogP contribution in [0.3, 0.4) is 0 Å². The average molecular weight is 194 g/mol. The summed E-state index contributed by atoms with van der Waals surface area (Å²) in [6.45, 7) is 2.09. The van der Waals surface area contributed by atoms with E-state index in [1.807, 2.05) is 0 Å². The summed E-state index contributed by atoms with van der Waals surface area (Å²) in [6.07, 6.45) is 8.29. The van der Waals surface area contributed by atoms with Gasteiger partial charge in [-0.05, 0) is 24.9 Å². The third kappa shape index (κ3) is 5.64. The summed E-state index contributed by atoms with van der Waals surface area (Å²) in [4.78, 5) is 0. The first-order chi connectivity index (χ1) is 5.43. The molecule has 1 saturated heterocycles. The molecule has 0 spiro atoms. The van der Waals surface area contributed by atoms with Crippen LogP contribution in [-0.4, -0.2) is 11.5 Å². The Morgan fingerprint density at radius 2 is 2.00 bits per heavy atom. The van der Waals surface area contributed by atoms with Gasteiger partial charge in [-0.25, -0.2) is 4.58 Å². The van der Waals surface area contributed by atoms with E-state index in [-0.39, 0.29) is 18.9 Å². The molecule has 1 aliphatic heterocycles. The van der Waals surface area contributed by atoms with Gasteiger partial charge in [-0.3, -0.25) is 0 Å². The first kappa shape index (κ1) is 13.0. The van der Waals surface area contributed by atoms with Crippen LogP contribution in [0.15, 0.2) is 12.2 Å². The van der Waals surface area contributed by atoms with Gasteiger partial charge in [0, 0.05) is 0 Å². The van der Waals surface area contributed by atoms with Crippen LogP contribution in [0.4, 0.5) is 0 Å². The third-order valence-corrected chi connectivity index (χ3v) is 4.31. The topological polar surface area (TPSA) is 0 Å². The van der Waals surface area contributed by atoms with E-state index in [1.165, 1.54) is 30.8 Å². The molecule has 0 aromatic rings. The van der Waals surface area contributed by atoms with Crippen LogP contribution in [-0.2, 0) is 0 Å². The molecule has 0 saturated carbocycles. The van der Waals surface area contributed by atoms with Gasteiger partial charge in [-0.2, -0.15) is 6.42 Å². The predicted octanol–water partition coefficient (Wildman–Crippen LogP) is 0.706. The second-order valence-corrected chi connectivity index (χ2v) is 5.17. The molecule has 1 rings (SSSR count). The molecule has 0 atom stereocenters. The van der Waals surface area contributed by atoms with Crippen molar-refractivity contribution in [2.75, 3.05) is 11.5 Å². The van der Waals surface area contributed by atoms with Crippen molar-refractivity contribution in [1.82, 2.24) is 0 Å². The molecule has 0 aromatic heterocycles. The Balaban J connectivity index is 0.00000121. The van der Waals surface area contributed by atoms with Gasteiger partial charge in [0.2, 0.25) is 0 Å². The zero-order chi connectivity index (χ0) is 7.94. The quantitative estimate of drug-likeness (QED) is 0.369. The molecule has 0 aliphatic carbocycles. The fraction of sp³-hybridized carbons (Fsp3) is 0.667. The van der Waals surface area contributed by atoms with Gasteiger partial charge in [-0.15, -0.1) is 0 Å². The molecule has 3 heteroatoms. The summed E-state index contributed by atoms with van der Waals surface area (Å²) in [6, 6.07) is 0. The summed E-state index contributed by atoms with van der Waals surface area (Å²) in [5.74, 6) is 2.69. The van der Waals surface area contributed by atoms with Crippen molar-refractivity contribution in [2.45, 2.75) is 26.2 Å². The standard InChI is InChI=1S/C9H15S2.Li/c1-2-3-4-6-9-10-7-5-8-11-9;/h2-3H,4-8H2,1H3;/q-1;+1/b3-2+;. The van der Waals surface area contributed by atoms with E-state index in [2.05, 4.69) is 42.6 Å². The molecule has 1 aliphatic rings. The van der Waals surface area contributed by atoms with Gasteiger partial charge >= 0.3 is 18.9 Å². The second kappa shape index (κ2) is 8.63. The molecule has 0 aromatic carbocycles. The minimum atomic E-state index is 0. The smallest absolute Gasteiger partial charge is 0.337 e. The van der Waals surface area contributed by atoms with Gasteiger partial charge in [-0.1, -0.05) is 18.6 Å². The molecular formula is C9H15LiS2. The van der Waals surface area contributed by atoms with E-state index >= 15 is 0 Å². The Morgan fingerprint density at radius 1 is 1.33 bits per heavy atom. The summed E-state index contributed by atoms with van der Waals surface area (Å²) in [5, 5.41) is 0. The number of hydrogen-bond donors (Lipinski definition) is 0. The van der Waals surface area contributed by atoms with Crippen molar-refractivity contribution in [3.05, 3.63) is 16.7 Å². The summed E-state index contributed by atoms with van der Waals surface area (Å²) < 4.78 is 1.65. The number of hydrogen-bond acceptors (Lipinski definition) is 2. The Kier molecular flexibility index (Phi) is 9.37. The summed E-state index contributed by atoms with van der Waals surface area (Å²) in [5.41, 5.74) is 0. The maximum atomic E-state index is 2.25. The maximum absolute atomic E-state index is 2.25. The van der Waals surface area contributed by atoms with Crippen LogP contribution in [0.1, 0.15) is 26.2 Å². The van der Waals surface area contributed by atoms with Crippen molar-refractivity contribution in [3.63, 3.8) is 0 Å². The first-order valence-corrected chi connectivity index (χ1v) is 6.13. The molecule has 1 fully saturated rings. The Bertz CT molecular complexity index is 120.